The molecular weight excluding hydrogens is 304 g/mol. The fourth-order valence-electron chi connectivity index (χ4n) is 3.98. The Balaban J connectivity index is 0.000000196. The van der Waals surface area contributed by atoms with Crippen molar-refractivity contribution in [1.29, 1.82) is 0 Å². The maximum absolute atomic E-state index is 3.20. The highest BCUT2D eigenvalue weighted by atomic mass is 79.9. The topological polar surface area (TPSA) is 0 Å². The molecule has 0 radical (unpaired) electrons. The predicted molar refractivity (Wildman–Crippen MR) is 65.3 cm³/mol. The third-order valence-corrected chi connectivity index (χ3v) is 4.00. The van der Waals surface area contributed by atoms with Crippen LogP contribution in [0, 0.1) is 23.7 Å². The van der Waals surface area contributed by atoms with Crippen molar-refractivity contribution in [3.05, 3.63) is 0 Å². The maximum atomic E-state index is 3.20. The van der Waals surface area contributed by atoms with Crippen LogP contribution in [0.4, 0.5) is 0 Å². The van der Waals surface area contributed by atoms with E-state index in [2.05, 4.69) is 25.8 Å². The summed E-state index contributed by atoms with van der Waals surface area (Å²) >= 11 is 6.44. The molecule has 0 aromatic rings. The Bertz CT molecular complexity index is 116. The summed E-state index contributed by atoms with van der Waals surface area (Å²) < 4.78 is 0. The molecule has 0 spiro atoms. The molecule has 0 saturated heterocycles. The summed E-state index contributed by atoms with van der Waals surface area (Å²) in [5.41, 5.74) is 0. The van der Waals surface area contributed by atoms with Crippen LogP contribution in [-0.2, 0) is 0 Å². The SMILES string of the molecule is C1C2CC3CC1CC(C2)C3.[Br][Mg][Br]. The predicted octanol–water partition coefficient (Wildman–Crippen LogP) is 4.14. The third kappa shape index (κ3) is 2.85. The van der Waals surface area contributed by atoms with Crippen LogP contribution in [-0.4, -0.2) is 16.0 Å². The second kappa shape index (κ2) is 5.18. The van der Waals surface area contributed by atoms with Crippen LogP contribution in [0.1, 0.15) is 38.5 Å². The summed E-state index contributed by atoms with van der Waals surface area (Å²) in [7, 11) is 0. The molecule has 4 fully saturated rings. The lowest BCUT2D eigenvalue weighted by Gasteiger charge is -2.49. The first-order chi connectivity index (χ1) is 6.31. The molecule has 0 amide bonds. The monoisotopic (exact) mass is 318 g/mol. The van der Waals surface area contributed by atoms with Gasteiger partial charge in [0, 0.05) is 0 Å². The van der Waals surface area contributed by atoms with E-state index < -0.39 is 0 Å². The van der Waals surface area contributed by atoms with Gasteiger partial charge in [0.2, 0.25) is 0 Å². The molecule has 0 aromatic heterocycles. The Morgan fingerprint density at radius 3 is 0.923 bits per heavy atom. The zero-order chi connectivity index (χ0) is 9.26. The van der Waals surface area contributed by atoms with E-state index in [0.29, 0.717) is 0 Å². The Kier molecular flexibility index (Phi) is 4.47. The van der Waals surface area contributed by atoms with Crippen molar-refractivity contribution in [3.63, 3.8) is 0 Å². The van der Waals surface area contributed by atoms with E-state index in [-0.39, 0.29) is 16.0 Å². The van der Waals surface area contributed by atoms with E-state index in [1.165, 1.54) is 23.7 Å². The van der Waals surface area contributed by atoms with Gasteiger partial charge in [0.05, 0.1) is 0 Å². The lowest BCUT2D eigenvalue weighted by molar-refractivity contribution is 0.0198. The Morgan fingerprint density at radius 2 is 0.769 bits per heavy atom. The molecule has 0 atom stereocenters. The van der Waals surface area contributed by atoms with E-state index in [0.717, 1.165) is 0 Å². The van der Waals surface area contributed by atoms with Gasteiger partial charge in [-0.3, -0.25) is 25.8 Å². The molecule has 0 N–H and O–H groups in total. The molecule has 0 nitrogen and oxygen atoms in total. The minimum absolute atomic E-state index is 0.0417. The zero-order valence-electron chi connectivity index (χ0n) is 8.02. The van der Waals surface area contributed by atoms with Crippen molar-refractivity contribution in [2.75, 3.05) is 0 Å². The summed E-state index contributed by atoms with van der Waals surface area (Å²) in [5.74, 6) is 4.71. The minimum Gasteiger partial charge on any atom is -0.280 e. The Labute approximate surface area is 103 Å². The normalized spacial score (nSPS) is 45.1. The summed E-state index contributed by atoms with van der Waals surface area (Å²) in [5, 5.41) is 0. The van der Waals surface area contributed by atoms with Crippen molar-refractivity contribution < 1.29 is 0 Å². The van der Waals surface area contributed by atoms with Gasteiger partial charge in [0.1, 0.15) is 0 Å². The molecule has 0 heterocycles. The second-order valence-corrected chi connectivity index (χ2v) is 13.1. The van der Waals surface area contributed by atoms with Crippen molar-refractivity contribution >= 4 is 41.8 Å². The van der Waals surface area contributed by atoms with E-state index in [1.807, 2.05) is 0 Å². The molecule has 72 valence electrons. The Hall–Kier alpha value is 1.73. The van der Waals surface area contributed by atoms with Crippen LogP contribution < -0.4 is 0 Å². The Morgan fingerprint density at radius 1 is 0.615 bits per heavy atom. The van der Waals surface area contributed by atoms with Crippen LogP contribution in [0.5, 0.6) is 0 Å². The third-order valence-electron chi connectivity index (χ3n) is 4.00. The van der Waals surface area contributed by atoms with E-state index in [1.54, 1.807) is 38.5 Å². The van der Waals surface area contributed by atoms with Crippen molar-refractivity contribution in [3.8, 4) is 0 Å². The molecule has 0 unspecified atom stereocenters. The molecule has 13 heavy (non-hydrogen) atoms. The first-order valence-electron chi connectivity index (χ1n) is 5.43. The van der Waals surface area contributed by atoms with Gasteiger partial charge in [-0.05, 0) is 62.2 Å². The largest absolute Gasteiger partial charge is 0.560 e. The van der Waals surface area contributed by atoms with Gasteiger partial charge in [-0.1, -0.05) is 0 Å². The molecule has 0 aliphatic heterocycles. The fourth-order valence-corrected chi connectivity index (χ4v) is 3.98. The lowest BCUT2D eigenvalue weighted by atomic mass is 9.56. The molecule has 4 rings (SSSR count). The van der Waals surface area contributed by atoms with Gasteiger partial charge < -0.3 is 0 Å². The fraction of sp³-hybridized carbons (Fsp3) is 1.00. The van der Waals surface area contributed by atoms with Gasteiger partial charge >= 0.3 is 16.0 Å². The van der Waals surface area contributed by atoms with Gasteiger partial charge in [0.15, 0.2) is 0 Å². The zero-order valence-corrected chi connectivity index (χ0v) is 12.6. The number of hydrogen-bond donors (Lipinski definition) is 0. The van der Waals surface area contributed by atoms with E-state index in [4.69, 9.17) is 0 Å². The van der Waals surface area contributed by atoms with Gasteiger partial charge in [-0.2, -0.15) is 0 Å². The highest BCUT2D eigenvalue weighted by Gasteiger charge is 2.41. The molecule has 3 heteroatoms. The molecule has 4 bridgehead atoms. The number of hydrogen-bond acceptors (Lipinski definition) is 0. The van der Waals surface area contributed by atoms with Crippen LogP contribution in [0.2, 0.25) is 0 Å². The van der Waals surface area contributed by atoms with E-state index >= 15 is 0 Å². The molecule has 4 aliphatic rings. The minimum atomic E-state index is 0.0417. The van der Waals surface area contributed by atoms with Gasteiger partial charge in [-0.15, -0.1) is 0 Å². The first-order valence-corrected chi connectivity index (χ1v) is 13.2. The summed E-state index contributed by atoms with van der Waals surface area (Å²) in [6, 6.07) is 0. The van der Waals surface area contributed by atoms with Crippen LogP contribution >= 0.6 is 25.8 Å². The van der Waals surface area contributed by atoms with Crippen LogP contribution in [0.25, 0.3) is 0 Å². The van der Waals surface area contributed by atoms with Crippen molar-refractivity contribution in [1.82, 2.24) is 0 Å². The van der Waals surface area contributed by atoms with Gasteiger partial charge in [0.25, 0.3) is 0 Å². The summed E-state index contributed by atoms with van der Waals surface area (Å²) in [6.45, 7) is 0. The molecule has 0 aromatic carbocycles. The first kappa shape index (κ1) is 11.2. The summed E-state index contributed by atoms with van der Waals surface area (Å²) in [6.07, 6.45) is 9.62. The molecule has 4 aliphatic carbocycles. The average Bonchev–Trinajstić information content (AvgIpc) is 2.01. The quantitative estimate of drug-likeness (QED) is 0.588. The van der Waals surface area contributed by atoms with Crippen LogP contribution in [0.3, 0.4) is 0 Å². The average molecular weight is 320 g/mol. The van der Waals surface area contributed by atoms with E-state index in [9.17, 15) is 0 Å². The molecular formula is C10H16Br2Mg. The number of halogens is 2. The standard InChI is InChI=1S/C10H16.2BrH.Mg/c1-7-2-9-4-8(1)5-10(3-7)6-9;;;/h7-10H,1-6H2;2*1H;/q;;;+2/p-2. The highest BCUT2D eigenvalue weighted by molar-refractivity contribution is 9.47. The smallest absolute Gasteiger partial charge is 0.280 e. The maximum Gasteiger partial charge on any atom is 0.560 e. The summed E-state index contributed by atoms with van der Waals surface area (Å²) in [4.78, 5) is 0. The van der Waals surface area contributed by atoms with Crippen LogP contribution in [0.15, 0.2) is 0 Å². The van der Waals surface area contributed by atoms with Crippen molar-refractivity contribution in [2.45, 2.75) is 38.5 Å². The number of rotatable bonds is 0. The van der Waals surface area contributed by atoms with Gasteiger partial charge in [-0.25, -0.2) is 0 Å². The highest BCUT2D eigenvalue weighted by Crippen LogP contribution is 2.53. The van der Waals surface area contributed by atoms with Crippen molar-refractivity contribution in [2.24, 2.45) is 23.7 Å². The lowest BCUT2D eigenvalue weighted by Crippen LogP contribution is -2.38. The second-order valence-electron chi connectivity index (χ2n) is 4.98. The molecule has 4 saturated carbocycles.